The number of rotatable bonds is 18. The number of esters is 1. The molecule has 1 aromatic heterocycles. The van der Waals surface area contributed by atoms with E-state index in [4.69, 9.17) is 4.74 Å². The van der Waals surface area contributed by atoms with Gasteiger partial charge in [0.15, 0.2) is 12.0 Å². The molecule has 216 valence electrons. The van der Waals surface area contributed by atoms with Crippen LogP contribution in [0.15, 0.2) is 36.7 Å². The molecular formula is C34H51FN2O2. The van der Waals surface area contributed by atoms with Crippen LogP contribution in [0.1, 0.15) is 128 Å². The van der Waals surface area contributed by atoms with Crippen molar-refractivity contribution in [2.45, 2.75) is 142 Å². The van der Waals surface area contributed by atoms with Crippen LogP contribution in [0.3, 0.4) is 0 Å². The first kappa shape index (κ1) is 31.2. The molecule has 5 heteroatoms. The molecule has 0 bridgehead atoms. The van der Waals surface area contributed by atoms with Crippen molar-refractivity contribution in [1.29, 1.82) is 0 Å². The van der Waals surface area contributed by atoms with Crippen molar-refractivity contribution in [2.75, 3.05) is 0 Å². The van der Waals surface area contributed by atoms with Crippen LogP contribution in [0.4, 0.5) is 4.39 Å². The SMILES string of the molecule is CCCCCCCCCc1cnc(-c2ccc(CC[C@H]3CC[C@H](OC(=O)[C@@H](F)CCCCC)CC3)cc2)nc1. The molecular weight excluding hydrogens is 487 g/mol. The van der Waals surface area contributed by atoms with Gasteiger partial charge in [-0.05, 0) is 81.3 Å². The van der Waals surface area contributed by atoms with Crippen molar-refractivity contribution >= 4 is 5.97 Å². The first-order valence-electron chi connectivity index (χ1n) is 15.8. The molecule has 2 aromatic rings. The molecule has 1 aliphatic rings. The van der Waals surface area contributed by atoms with Crippen LogP contribution in [0.2, 0.25) is 0 Å². The maximum absolute atomic E-state index is 14.0. The molecule has 0 N–H and O–H groups in total. The molecule has 0 radical (unpaired) electrons. The van der Waals surface area contributed by atoms with Gasteiger partial charge in [-0.2, -0.15) is 0 Å². The normalized spacial score (nSPS) is 18.1. The van der Waals surface area contributed by atoms with Crippen LogP contribution in [0.5, 0.6) is 0 Å². The van der Waals surface area contributed by atoms with Crippen LogP contribution < -0.4 is 0 Å². The fraction of sp³-hybridized carbons (Fsp3) is 0.676. The Kier molecular flexibility index (Phi) is 14.5. The zero-order valence-corrected chi connectivity index (χ0v) is 24.5. The van der Waals surface area contributed by atoms with Gasteiger partial charge in [0, 0.05) is 18.0 Å². The Morgan fingerprint density at radius 3 is 2.10 bits per heavy atom. The summed E-state index contributed by atoms with van der Waals surface area (Å²) < 4.78 is 19.5. The minimum atomic E-state index is -1.46. The van der Waals surface area contributed by atoms with Gasteiger partial charge in [0.2, 0.25) is 0 Å². The van der Waals surface area contributed by atoms with Gasteiger partial charge >= 0.3 is 5.97 Å². The summed E-state index contributed by atoms with van der Waals surface area (Å²) in [4.78, 5) is 21.3. The summed E-state index contributed by atoms with van der Waals surface area (Å²) in [5, 5.41) is 0. The molecule has 3 rings (SSSR count). The average molecular weight is 539 g/mol. The van der Waals surface area contributed by atoms with E-state index in [0.717, 1.165) is 75.6 Å². The minimum absolute atomic E-state index is 0.112. The summed E-state index contributed by atoms with van der Waals surface area (Å²) in [6, 6.07) is 8.65. The second-order valence-corrected chi connectivity index (χ2v) is 11.6. The smallest absolute Gasteiger partial charge is 0.340 e. The molecule has 1 saturated carbocycles. The van der Waals surface area contributed by atoms with E-state index in [1.165, 1.54) is 56.1 Å². The summed E-state index contributed by atoms with van der Waals surface area (Å²) in [6.07, 6.45) is 21.7. The number of hydrogen-bond acceptors (Lipinski definition) is 4. The second kappa shape index (κ2) is 18.1. The summed E-state index contributed by atoms with van der Waals surface area (Å²) in [5.74, 6) is 0.776. The van der Waals surface area contributed by atoms with Crippen LogP contribution in [-0.2, 0) is 22.4 Å². The minimum Gasteiger partial charge on any atom is -0.460 e. The first-order valence-corrected chi connectivity index (χ1v) is 15.8. The molecule has 0 unspecified atom stereocenters. The zero-order valence-electron chi connectivity index (χ0n) is 24.5. The third kappa shape index (κ3) is 11.8. The molecule has 1 aromatic carbocycles. The maximum atomic E-state index is 14.0. The summed E-state index contributed by atoms with van der Waals surface area (Å²) in [6.45, 7) is 4.33. The van der Waals surface area contributed by atoms with Gasteiger partial charge in [0.1, 0.15) is 6.10 Å². The van der Waals surface area contributed by atoms with E-state index in [0.29, 0.717) is 5.92 Å². The van der Waals surface area contributed by atoms with Crippen LogP contribution in [-0.4, -0.2) is 28.2 Å². The third-order valence-corrected chi connectivity index (χ3v) is 8.22. The third-order valence-electron chi connectivity index (χ3n) is 8.22. The number of aryl methyl sites for hydroxylation is 2. The lowest BCUT2D eigenvalue weighted by Crippen LogP contribution is -2.29. The highest BCUT2D eigenvalue weighted by atomic mass is 19.1. The molecule has 0 saturated heterocycles. The fourth-order valence-electron chi connectivity index (χ4n) is 5.58. The number of aromatic nitrogens is 2. The number of unbranched alkanes of at least 4 members (excludes halogenated alkanes) is 8. The van der Waals surface area contributed by atoms with Gasteiger partial charge in [-0.15, -0.1) is 0 Å². The monoisotopic (exact) mass is 538 g/mol. The number of benzene rings is 1. The average Bonchev–Trinajstić information content (AvgIpc) is 2.97. The molecule has 0 aliphatic heterocycles. The summed E-state index contributed by atoms with van der Waals surface area (Å²) in [5.41, 5.74) is 3.62. The highest BCUT2D eigenvalue weighted by Crippen LogP contribution is 2.30. The van der Waals surface area contributed by atoms with Gasteiger partial charge in [-0.1, -0.05) is 89.5 Å². The lowest BCUT2D eigenvalue weighted by Gasteiger charge is -2.28. The molecule has 0 amide bonds. The van der Waals surface area contributed by atoms with E-state index in [2.05, 4.69) is 48.1 Å². The van der Waals surface area contributed by atoms with E-state index < -0.39 is 12.1 Å². The Hall–Kier alpha value is -2.30. The molecule has 39 heavy (non-hydrogen) atoms. The summed E-state index contributed by atoms with van der Waals surface area (Å²) >= 11 is 0. The van der Waals surface area contributed by atoms with Crippen molar-refractivity contribution in [1.82, 2.24) is 9.97 Å². The number of nitrogens with zero attached hydrogens (tertiary/aromatic N) is 2. The molecule has 1 aliphatic carbocycles. The highest BCUT2D eigenvalue weighted by molar-refractivity contribution is 5.74. The van der Waals surface area contributed by atoms with Gasteiger partial charge < -0.3 is 4.74 Å². The molecule has 1 atom stereocenters. The predicted octanol–water partition coefficient (Wildman–Crippen LogP) is 9.39. The summed E-state index contributed by atoms with van der Waals surface area (Å²) in [7, 11) is 0. The Bertz CT molecular complexity index is 923. The molecule has 1 fully saturated rings. The Morgan fingerprint density at radius 1 is 0.821 bits per heavy atom. The molecule has 0 spiro atoms. The van der Waals surface area contributed by atoms with E-state index in [-0.39, 0.29) is 12.5 Å². The van der Waals surface area contributed by atoms with Gasteiger partial charge in [-0.25, -0.2) is 19.2 Å². The maximum Gasteiger partial charge on any atom is 0.340 e. The lowest BCUT2D eigenvalue weighted by atomic mass is 9.83. The lowest BCUT2D eigenvalue weighted by molar-refractivity contribution is -0.157. The number of hydrogen-bond donors (Lipinski definition) is 0. The second-order valence-electron chi connectivity index (χ2n) is 11.6. The van der Waals surface area contributed by atoms with E-state index in [1.807, 2.05) is 12.4 Å². The largest absolute Gasteiger partial charge is 0.460 e. The van der Waals surface area contributed by atoms with E-state index in [9.17, 15) is 9.18 Å². The number of carbonyl (C=O) groups is 1. The van der Waals surface area contributed by atoms with Crippen molar-refractivity contribution < 1.29 is 13.9 Å². The van der Waals surface area contributed by atoms with Crippen LogP contribution in [0, 0.1) is 5.92 Å². The topological polar surface area (TPSA) is 52.1 Å². The van der Waals surface area contributed by atoms with Crippen molar-refractivity contribution in [3.8, 4) is 11.4 Å². The standard InChI is InChI=1S/C34H51FN2O2/c1-3-5-7-8-9-10-12-13-29-25-36-33(37-26-29)30-21-17-27(18-22-30)15-16-28-19-23-31(24-20-28)39-34(38)32(35)14-11-6-4-2/h17-18,21-22,25-26,28,31-32H,3-16,19-20,23-24H2,1-2H3/t28-,31-,32-/m0/s1. The van der Waals surface area contributed by atoms with Gasteiger partial charge in [-0.3, -0.25) is 0 Å². The van der Waals surface area contributed by atoms with Crippen molar-refractivity contribution in [3.63, 3.8) is 0 Å². The Morgan fingerprint density at radius 2 is 1.44 bits per heavy atom. The van der Waals surface area contributed by atoms with E-state index in [1.54, 1.807) is 0 Å². The van der Waals surface area contributed by atoms with Crippen LogP contribution in [0.25, 0.3) is 11.4 Å². The first-order chi connectivity index (χ1) is 19.1. The van der Waals surface area contributed by atoms with Crippen molar-refractivity contribution in [3.05, 3.63) is 47.8 Å². The number of carbonyl (C=O) groups excluding carboxylic acids is 1. The zero-order chi connectivity index (χ0) is 27.7. The van der Waals surface area contributed by atoms with Gasteiger partial charge in [0.25, 0.3) is 0 Å². The highest BCUT2D eigenvalue weighted by Gasteiger charge is 2.27. The van der Waals surface area contributed by atoms with Crippen LogP contribution >= 0.6 is 0 Å². The van der Waals surface area contributed by atoms with Gasteiger partial charge in [0.05, 0.1) is 0 Å². The number of alkyl halides is 1. The number of ether oxygens (including phenoxy) is 1. The molecule has 4 nitrogen and oxygen atoms in total. The van der Waals surface area contributed by atoms with Crippen molar-refractivity contribution in [2.24, 2.45) is 5.92 Å². The number of halogens is 1. The fourth-order valence-corrected chi connectivity index (χ4v) is 5.58. The Labute approximate surface area is 236 Å². The van der Waals surface area contributed by atoms with E-state index >= 15 is 0 Å². The quantitative estimate of drug-likeness (QED) is 0.140. The molecule has 1 heterocycles. The predicted molar refractivity (Wildman–Crippen MR) is 158 cm³/mol. The Balaban J connectivity index is 1.32.